The molecule has 0 radical (unpaired) electrons. The van der Waals surface area contributed by atoms with Crippen molar-refractivity contribution in [1.82, 2.24) is 0 Å². The van der Waals surface area contributed by atoms with E-state index in [1.54, 1.807) is 14.1 Å². The highest BCUT2D eigenvalue weighted by atomic mass is 14.9. The lowest BCUT2D eigenvalue weighted by Crippen LogP contribution is -2.36. The topological polar surface area (TPSA) is 89.1 Å². The third-order valence-electron chi connectivity index (χ3n) is 2.63. The first kappa shape index (κ1) is 13.9. The standard InChI is InChI=1S/C13H19N5/c1-9-6-4-5-7-10(9)8-18-13(15)11(16-2)12(14)17-3/h4-7H,8H2,1-3H3,(H2,14,17)(H2,15,18). The van der Waals surface area contributed by atoms with Gasteiger partial charge in [-0.2, -0.15) is 0 Å². The van der Waals surface area contributed by atoms with Crippen molar-refractivity contribution in [1.29, 1.82) is 0 Å². The Kier molecular flexibility index (Phi) is 5.05. The predicted octanol–water partition coefficient (Wildman–Crippen LogP) is 0.910. The summed E-state index contributed by atoms with van der Waals surface area (Å²) in [5.74, 6) is 0.604. The number of hydrogen-bond donors (Lipinski definition) is 2. The molecule has 5 nitrogen and oxygen atoms in total. The van der Waals surface area contributed by atoms with E-state index in [0.717, 1.165) is 5.56 Å². The molecule has 5 heteroatoms. The molecular formula is C13H19N5. The number of nitrogens with zero attached hydrogens (tertiary/aromatic N) is 3. The summed E-state index contributed by atoms with van der Waals surface area (Å²) in [6.45, 7) is 2.55. The molecule has 0 atom stereocenters. The second-order valence-electron chi connectivity index (χ2n) is 3.81. The SMILES string of the molecule is CN=C(N)C(=NC)C(N)=NCc1ccccc1C. The van der Waals surface area contributed by atoms with E-state index < -0.39 is 0 Å². The number of rotatable bonds is 4. The van der Waals surface area contributed by atoms with Gasteiger partial charge in [-0.25, -0.2) is 0 Å². The summed E-state index contributed by atoms with van der Waals surface area (Å²) < 4.78 is 0. The molecule has 0 unspecified atom stereocenters. The highest BCUT2D eigenvalue weighted by Gasteiger charge is 2.08. The Morgan fingerprint density at radius 2 is 1.72 bits per heavy atom. The van der Waals surface area contributed by atoms with E-state index in [9.17, 15) is 0 Å². The average molecular weight is 245 g/mol. The smallest absolute Gasteiger partial charge is 0.148 e. The molecule has 0 aliphatic carbocycles. The van der Waals surface area contributed by atoms with Crippen molar-refractivity contribution >= 4 is 17.4 Å². The summed E-state index contributed by atoms with van der Waals surface area (Å²) in [6, 6.07) is 8.03. The summed E-state index contributed by atoms with van der Waals surface area (Å²) in [5, 5.41) is 0. The van der Waals surface area contributed by atoms with Crippen molar-refractivity contribution in [2.45, 2.75) is 13.5 Å². The van der Waals surface area contributed by atoms with Gasteiger partial charge in [-0.15, -0.1) is 0 Å². The lowest BCUT2D eigenvalue weighted by molar-refractivity contribution is 1.05. The van der Waals surface area contributed by atoms with Crippen molar-refractivity contribution in [3.05, 3.63) is 35.4 Å². The molecule has 1 aromatic carbocycles. The largest absolute Gasteiger partial charge is 0.382 e. The molecule has 0 amide bonds. The summed E-state index contributed by atoms with van der Waals surface area (Å²) in [5.41, 5.74) is 14.3. The van der Waals surface area contributed by atoms with Crippen LogP contribution in [0.1, 0.15) is 11.1 Å². The van der Waals surface area contributed by atoms with Gasteiger partial charge in [0, 0.05) is 14.1 Å². The first-order valence-corrected chi connectivity index (χ1v) is 5.64. The van der Waals surface area contributed by atoms with Crippen LogP contribution >= 0.6 is 0 Å². The molecule has 0 aliphatic rings. The van der Waals surface area contributed by atoms with Gasteiger partial charge in [0.2, 0.25) is 0 Å². The van der Waals surface area contributed by atoms with E-state index in [2.05, 4.69) is 15.0 Å². The quantitative estimate of drug-likeness (QED) is 0.610. The van der Waals surface area contributed by atoms with Gasteiger partial charge >= 0.3 is 0 Å². The van der Waals surface area contributed by atoms with E-state index in [4.69, 9.17) is 11.5 Å². The van der Waals surface area contributed by atoms with Gasteiger partial charge in [-0.3, -0.25) is 15.0 Å². The van der Waals surface area contributed by atoms with Crippen LogP contribution in [0.25, 0.3) is 0 Å². The van der Waals surface area contributed by atoms with Gasteiger partial charge in [-0.05, 0) is 18.1 Å². The molecule has 96 valence electrons. The molecule has 0 fully saturated rings. The monoisotopic (exact) mass is 245 g/mol. The second-order valence-corrected chi connectivity index (χ2v) is 3.81. The van der Waals surface area contributed by atoms with Crippen LogP contribution in [-0.4, -0.2) is 31.5 Å². The maximum atomic E-state index is 5.86. The van der Waals surface area contributed by atoms with Gasteiger partial charge in [0.25, 0.3) is 0 Å². The van der Waals surface area contributed by atoms with Crippen molar-refractivity contribution in [2.24, 2.45) is 26.4 Å². The first-order valence-electron chi connectivity index (χ1n) is 5.64. The normalized spacial score (nSPS) is 13.8. The van der Waals surface area contributed by atoms with Crippen molar-refractivity contribution in [3.8, 4) is 0 Å². The molecule has 0 bridgehead atoms. The highest BCUT2D eigenvalue weighted by Crippen LogP contribution is 2.07. The number of benzene rings is 1. The molecule has 4 N–H and O–H groups in total. The number of aryl methyl sites for hydroxylation is 1. The molecular weight excluding hydrogens is 226 g/mol. The minimum absolute atomic E-state index is 0.295. The molecule has 0 aliphatic heterocycles. The predicted molar refractivity (Wildman–Crippen MR) is 77.4 cm³/mol. The number of aliphatic imine (C=N–C) groups is 3. The van der Waals surface area contributed by atoms with Gasteiger partial charge in [0.05, 0.1) is 6.54 Å². The van der Waals surface area contributed by atoms with Crippen LogP contribution in [0.5, 0.6) is 0 Å². The Morgan fingerprint density at radius 1 is 1.06 bits per heavy atom. The molecule has 0 saturated carbocycles. The van der Waals surface area contributed by atoms with Gasteiger partial charge in [-0.1, -0.05) is 24.3 Å². The third kappa shape index (κ3) is 3.41. The zero-order chi connectivity index (χ0) is 13.5. The van der Waals surface area contributed by atoms with Crippen LogP contribution in [-0.2, 0) is 6.54 Å². The molecule has 0 saturated heterocycles. The number of amidine groups is 2. The lowest BCUT2D eigenvalue weighted by Gasteiger charge is -2.05. The zero-order valence-corrected chi connectivity index (χ0v) is 11.0. The molecule has 0 aromatic heterocycles. The Balaban J connectivity index is 2.88. The molecule has 1 rings (SSSR count). The van der Waals surface area contributed by atoms with Crippen LogP contribution < -0.4 is 11.5 Å². The summed E-state index contributed by atoms with van der Waals surface area (Å²) >= 11 is 0. The molecule has 18 heavy (non-hydrogen) atoms. The average Bonchev–Trinajstić information content (AvgIpc) is 2.38. The zero-order valence-electron chi connectivity index (χ0n) is 11.0. The maximum absolute atomic E-state index is 5.86. The van der Waals surface area contributed by atoms with E-state index in [1.165, 1.54) is 5.56 Å². The third-order valence-corrected chi connectivity index (χ3v) is 2.63. The van der Waals surface area contributed by atoms with Crippen LogP contribution in [0.15, 0.2) is 39.2 Å². The van der Waals surface area contributed by atoms with Gasteiger partial charge < -0.3 is 11.5 Å². The fraction of sp³-hybridized carbons (Fsp3) is 0.308. The van der Waals surface area contributed by atoms with Crippen LogP contribution in [0.3, 0.4) is 0 Å². The van der Waals surface area contributed by atoms with Crippen LogP contribution in [0.2, 0.25) is 0 Å². The van der Waals surface area contributed by atoms with Gasteiger partial charge in [0.1, 0.15) is 17.4 Å². The van der Waals surface area contributed by atoms with Crippen molar-refractivity contribution < 1.29 is 0 Å². The van der Waals surface area contributed by atoms with E-state index >= 15 is 0 Å². The highest BCUT2D eigenvalue weighted by molar-refractivity contribution is 6.67. The van der Waals surface area contributed by atoms with Gasteiger partial charge in [0.15, 0.2) is 0 Å². The number of nitrogens with two attached hydrogens (primary N) is 2. The fourth-order valence-electron chi connectivity index (χ4n) is 1.50. The van der Waals surface area contributed by atoms with Crippen molar-refractivity contribution in [3.63, 3.8) is 0 Å². The van der Waals surface area contributed by atoms with E-state index in [1.807, 2.05) is 31.2 Å². The Morgan fingerprint density at radius 3 is 2.28 bits per heavy atom. The Labute approximate surface area is 107 Å². The van der Waals surface area contributed by atoms with E-state index in [0.29, 0.717) is 23.9 Å². The van der Waals surface area contributed by atoms with Crippen LogP contribution in [0.4, 0.5) is 0 Å². The minimum Gasteiger partial charge on any atom is -0.382 e. The van der Waals surface area contributed by atoms with Crippen LogP contribution in [0, 0.1) is 6.92 Å². The fourth-order valence-corrected chi connectivity index (χ4v) is 1.50. The number of hydrogen-bond acceptors (Lipinski definition) is 3. The second kappa shape index (κ2) is 6.54. The van der Waals surface area contributed by atoms with E-state index in [-0.39, 0.29) is 0 Å². The summed E-state index contributed by atoms with van der Waals surface area (Å²) in [4.78, 5) is 12.2. The Bertz CT molecular complexity index is 500. The summed E-state index contributed by atoms with van der Waals surface area (Å²) in [6.07, 6.45) is 0. The molecule has 0 spiro atoms. The summed E-state index contributed by atoms with van der Waals surface area (Å²) in [7, 11) is 3.21. The molecule has 1 aromatic rings. The maximum Gasteiger partial charge on any atom is 0.148 e. The first-order chi connectivity index (χ1) is 8.60. The minimum atomic E-state index is 0.295. The Hall–Kier alpha value is -2.17. The lowest BCUT2D eigenvalue weighted by atomic mass is 10.1. The van der Waals surface area contributed by atoms with Crippen molar-refractivity contribution in [2.75, 3.05) is 14.1 Å². The molecule has 0 heterocycles.